The number of hydrogen-bond acceptors (Lipinski definition) is 3. The average Bonchev–Trinajstić information content (AvgIpc) is 2.07. The van der Waals surface area contributed by atoms with Gasteiger partial charge in [0.15, 0.2) is 0 Å². The number of carbonyl (C=O) groups excluding carboxylic acids is 1. The molecule has 1 unspecified atom stereocenters. The number of rotatable bonds is 5. The van der Waals surface area contributed by atoms with Gasteiger partial charge < -0.3 is 15.8 Å². The second-order valence-corrected chi connectivity index (χ2v) is 3.46. The lowest BCUT2D eigenvalue weighted by atomic mass is 10.0. The minimum atomic E-state index is -0.0226. The first-order chi connectivity index (χ1) is 6.27. The maximum Gasteiger partial charge on any atom is 0.224 e. The van der Waals surface area contributed by atoms with E-state index in [4.69, 9.17) is 10.5 Å². The van der Waals surface area contributed by atoms with Gasteiger partial charge in [0.2, 0.25) is 5.91 Å². The molecule has 1 saturated heterocycles. The standard InChI is InChI=1S/C9H18N2O2/c1-2-3-7(4-10)9(12)11-8-5-13-6-8/h7-8H,2-6,10H2,1H3,(H,11,12). The van der Waals surface area contributed by atoms with Gasteiger partial charge in [-0.25, -0.2) is 0 Å². The zero-order valence-electron chi connectivity index (χ0n) is 8.08. The molecule has 13 heavy (non-hydrogen) atoms. The third-order valence-electron chi connectivity index (χ3n) is 2.28. The monoisotopic (exact) mass is 186 g/mol. The maximum atomic E-state index is 11.5. The molecule has 1 heterocycles. The van der Waals surface area contributed by atoms with Crippen LogP contribution in [-0.2, 0) is 9.53 Å². The number of carbonyl (C=O) groups is 1. The number of nitrogens with two attached hydrogens (primary N) is 1. The van der Waals surface area contributed by atoms with Crippen molar-refractivity contribution in [3.05, 3.63) is 0 Å². The fourth-order valence-electron chi connectivity index (χ4n) is 1.34. The quantitative estimate of drug-likeness (QED) is 0.629. The highest BCUT2D eigenvalue weighted by atomic mass is 16.5. The Kier molecular flexibility index (Phi) is 4.18. The van der Waals surface area contributed by atoms with E-state index in [9.17, 15) is 4.79 Å². The molecule has 1 amide bonds. The molecule has 1 rings (SSSR count). The lowest BCUT2D eigenvalue weighted by Crippen LogP contribution is -2.51. The molecule has 0 radical (unpaired) electrons. The topological polar surface area (TPSA) is 64.4 Å². The Morgan fingerprint density at radius 3 is 2.77 bits per heavy atom. The van der Waals surface area contributed by atoms with Gasteiger partial charge in [0, 0.05) is 6.54 Å². The predicted octanol–water partition coefficient (Wildman–Crippen LogP) is -0.124. The number of ether oxygens (including phenoxy) is 1. The van der Waals surface area contributed by atoms with E-state index >= 15 is 0 Å². The normalized spacial score (nSPS) is 19.2. The van der Waals surface area contributed by atoms with E-state index < -0.39 is 0 Å². The molecule has 0 aromatic heterocycles. The molecule has 1 aliphatic heterocycles. The van der Waals surface area contributed by atoms with Gasteiger partial charge in [-0.15, -0.1) is 0 Å². The summed E-state index contributed by atoms with van der Waals surface area (Å²) in [7, 11) is 0. The molecule has 4 nitrogen and oxygen atoms in total. The Balaban J connectivity index is 2.25. The van der Waals surface area contributed by atoms with Crippen LogP contribution in [0.15, 0.2) is 0 Å². The van der Waals surface area contributed by atoms with Crippen LogP contribution in [0.5, 0.6) is 0 Å². The zero-order chi connectivity index (χ0) is 9.68. The smallest absolute Gasteiger partial charge is 0.224 e. The van der Waals surface area contributed by atoms with Crippen molar-refractivity contribution in [1.29, 1.82) is 0 Å². The fraction of sp³-hybridized carbons (Fsp3) is 0.889. The van der Waals surface area contributed by atoms with Crippen LogP contribution in [0.1, 0.15) is 19.8 Å². The van der Waals surface area contributed by atoms with Gasteiger partial charge in [-0.05, 0) is 6.42 Å². The molecule has 4 heteroatoms. The number of nitrogens with one attached hydrogen (secondary N) is 1. The van der Waals surface area contributed by atoms with Crippen LogP contribution in [0, 0.1) is 5.92 Å². The SMILES string of the molecule is CCCC(CN)C(=O)NC1COC1. The Hall–Kier alpha value is -0.610. The summed E-state index contributed by atoms with van der Waals surface area (Å²) in [4.78, 5) is 11.5. The molecule has 0 spiro atoms. The number of hydrogen-bond donors (Lipinski definition) is 2. The van der Waals surface area contributed by atoms with E-state index in [1.54, 1.807) is 0 Å². The first-order valence-electron chi connectivity index (χ1n) is 4.86. The molecule has 0 aromatic rings. The van der Waals surface area contributed by atoms with Crippen molar-refractivity contribution in [2.45, 2.75) is 25.8 Å². The van der Waals surface area contributed by atoms with Crippen molar-refractivity contribution < 1.29 is 9.53 Å². The van der Waals surface area contributed by atoms with Crippen molar-refractivity contribution in [2.75, 3.05) is 19.8 Å². The lowest BCUT2D eigenvalue weighted by molar-refractivity contribution is -0.129. The highest BCUT2D eigenvalue weighted by Crippen LogP contribution is 2.07. The second-order valence-electron chi connectivity index (χ2n) is 3.46. The van der Waals surface area contributed by atoms with E-state index in [2.05, 4.69) is 12.2 Å². The zero-order valence-corrected chi connectivity index (χ0v) is 8.08. The molecule has 1 aliphatic rings. The first kappa shape index (κ1) is 10.5. The molecule has 0 bridgehead atoms. The fourth-order valence-corrected chi connectivity index (χ4v) is 1.34. The van der Waals surface area contributed by atoms with Crippen LogP contribution in [0.3, 0.4) is 0 Å². The summed E-state index contributed by atoms with van der Waals surface area (Å²) in [5, 5.41) is 2.91. The molecule has 3 N–H and O–H groups in total. The van der Waals surface area contributed by atoms with E-state index in [1.807, 2.05) is 0 Å². The van der Waals surface area contributed by atoms with E-state index in [1.165, 1.54) is 0 Å². The molecule has 0 aliphatic carbocycles. The summed E-state index contributed by atoms with van der Waals surface area (Å²) in [5.41, 5.74) is 5.50. The largest absolute Gasteiger partial charge is 0.377 e. The van der Waals surface area contributed by atoms with Crippen LogP contribution in [-0.4, -0.2) is 31.7 Å². The molecular formula is C9H18N2O2. The molecule has 0 saturated carbocycles. The summed E-state index contributed by atoms with van der Waals surface area (Å²) in [6.07, 6.45) is 1.87. The highest BCUT2D eigenvalue weighted by molar-refractivity contribution is 5.79. The van der Waals surface area contributed by atoms with Gasteiger partial charge in [0.1, 0.15) is 0 Å². The predicted molar refractivity (Wildman–Crippen MR) is 50.2 cm³/mol. The third kappa shape index (κ3) is 2.97. The van der Waals surface area contributed by atoms with Crippen molar-refractivity contribution in [3.63, 3.8) is 0 Å². The van der Waals surface area contributed by atoms with Gasteiger partial charge in [-0.1, -0.05) is 13.3 Å². The van der Waals surface area contributed by atoms with Gasteiger partial charge in [0.05, 0.1) is 25.2 Å². The molecule has 1 atom stereocenters. The summed E-state index contributed by atoms with van der Waals surface area (Å²) in [6.45, 7) is 3.79. The molecule has 1 fully saturated rings. The van der Waals surface area contributed by atoms with Crippen molar-refractivity contribution in [1.82, 2.24) is 5.32 Å². The molecular weight excluding hydrogens is 168 g/mol. The van der Waals surface area contributed by atoms with E-state index in [0.29, 0.717) is 19.8 Å². The summed E-state index contributed by atoms with van der Waals surface area (Å²) in [6, 6.07) is 0.221. The summed E-state index contributed by atoms with van der Waals surface area (Å²) in [5.74, 6) is 0.0586. The second kappa shape index (κ2) is 5.19. The van der Waals surface area contributed by atoms with Gasteiger partial charge in [-0.2, -0.15) is 0 Å². The first-order valence-corrected chi connectivity index (χ1v) is 4.86. The van der Waals surface area contributed by atoms with Gasteiger partial charge >= 0.3 is 0 Å². The maximum absolute atomic E-state index is 11.5. The summed E-state index contributed by atoms with van der Waals surface area (Å²) < 4.78 is 4.96. The Bertz CT molecular complexity index is 169. The van der Waals surface area contributed by atoms with Crippen molar-refractivity contribution in [3.8, 4) is 0 Å². The van der Waals surface area contributed by atoms with Crippen LogP contribution >= 0.6 is 0 Å². The van der Waals surface area contributed by atoms with Crippen LogP contribution < -0.4 is 11.1 Å². The minimum absolute atomic E-state index is 0.0226. The third-order valence-corrected chi connectivity index (χ3v) is 2.28. The van der Waals surface area contributed by atoms with Crippen LogP contribution in [0.4, 0.5) is 0 Å². The van der Waals surface area contributed by atoms with Crippen molar-refractivity contribution >= 4 is 5.91 Å². The molecule has 76 valence electrons. The summed E-state index contributed by atoms with van der Waals surface area (Å²) >= 11 is 0. The van der Waals surface area contributed by atoms with E-state index in [0.717, 1.165) is 12.8 Å². The Morgan fingerprint density at radius 1 is 1.69 bits per heavy atom. The minimum Gasteiger partial charge on any atom is -0.377 e. The lowest BCUT2D eigenvalue weighted by Gasteiger charge is -2.28. The number of amides is 1. The van der Waals surface area contributed by atoms with E-state index in [-0.39, 0.29) is 17.9 Å². The van der Waals surface area contributed by atoms with Gasteiger partial charge in [0.25, 0.3) is 0 Å². The Morgan fingerprint density at radius 2 is 2.38 bits per heavy atom. The Labute approximate surface area is 78.8 Å². The highest BCUT2D eigenvalue weighted by Gasteiger charge is 2.23. The van der Waals surface area contributed by atoms with Crippen LogP contribution in [0.25, 0.3) is 0 Å². The van der Waals surface area contributed by atoms with Crippen molar-refractivity contribution in [2.24, 2.45) is 11.7 Å². The average molecular weight is 186 g/mol. The van der Waals surface area contributed by atoms with Crippen LogP contribution in [0.2, 0.25) is 0 Å². The van der Waals surface area contributed by atoms with Gasteiger partial charge in [-0.3, -0.25) is 4.79 Å². The molecule has 0 aromatic carbocycles.